The Hall–Kier alpha value is 0.0200. The van der Waals surface area contributed by atoms with Crippen LogP contribution in [0.5, 0.6) is 0 Å². The highest BCUT2D eigenvalue weighted by atomic mass is 79.9. The van der Waals surface area contributed by atoms with Gasteiger partial charge < -0.3 is 0 Å². The third-order valence-electron chi connectivity index (χ3n) is 0.677. The van der Waals surface area contributed by atoms with Gasteiger partial charge in [0.2, 0.25) is 4.34 Å². The average molecular weight is 244 g/mol. The van der Waals surface area contributed by atoms with Crippen molar-refractivity contribution < 1.29 is 13.0 Å². The Balaban J connectivity index is 3.21. The number of aromatic nitrogens is 1. The van der Waals surface area contributed by atoms with Crippen molar-refractivity contribution in [2.75, 3.05) is 0 Å². The Morgan fingerprint density at radius 1 is 1.70 bits per heavy atom. The Morgan fingerprint density at radius 2 is 2.30 bits per heavy atom. The third kappa shape index (κ3) is 1.75. The first-order chi connectivity index (χ1) is 4.50. The van der Waals surface area contributed by atoms with E-state index in [0.717, 1.165) is 11.3 Å². The van der Waals surface area contributed by atoms with Crippen LogP contribution >= 0.6 is 27.3 Å². The second-order valence-electron chi connectivity index (χ2n) is 1.41. The van der Waals surface area contributed by atoms with Crippen LogP contribution in [0.2, 0.25) is 0 Å². The monoisotopic (exact) mass is 243 g/mol. The molecule has 0 saturated heterocycles. The zero-order valence-corrected chi connectivity index (χ0v) is 7.70. The van der Waals surface area contributed by atoms with Crippen molar-refractivity contribution in [2.45, 2.75) is 4.34 Å². The van der Waals surface area contributed by atoms with Crippen LogP contribution in [0.1, 0.15) is 0 Å². The maximum absolute atomic E-state index is 10.3. The van der Waals surface area contributed by atoms with E-state index in [1.54, 1.807) is 0 Å². The van der Waals surface area contributed by atoms with Gasteiger partial charge in [-0.1, -0.05) is 11.3 Å². The number of halogens is 1. The minimum Gasteiger partial charge on any atom is -0.280 e. The molecule has 0 aromatic carbocycles. The summed E-state index contributed by atoms with van der Waals surface area (Å²) in [6, 6.07) is 0. The van der Waals surface area contributed by atoms with Crippen LogP contribution in [-0.4, -0.2) is 18.0 Å². The standard InChI is InChI=1S/C3H2BrNO3S2/c4-2-1-5-3(9-2)10(6,7)8/h1H,(H,6,7,8). The Morgan fingerprint density at radius 3 is 2.50 bits per heavy atom. The molecule has 1 aromatic rings. The van der Waals surface area contributed by atoms with E-state index in [9.17, 15) is 8.42 Å². The highest BCUT2D eigenvalue weighted by Gasteiger charge is 2.13. The molecule has 1 rings (SSSR count). The summed E-state index contributed by atoms with van der Waals surface area (Å²) in [6.45, 7) is 0. The average Bonchev–Trinajstić information content (AvgIpc) is 2.11. The van der Waals surface area contributed by atoms with E-state index < -0.39 is 10.1 Å². The molecule has 4 nitrogen and oxygen atoms in total. The summed E-state index contributed by atoms with van der Waals surface area (Å²) in [5.74, 6) is 0. The van der Waals surface area contributed by atoms with Gasteiger partial charge in [-0.05, 0) is 15.9 Å². The van der Waals surface area contributed by atoms with Crippen molar-refractivity contribution in [3.8, 4) is 0 Å². The number of nitrogens with zero attached hydrogens (tertiary/aromatic N) is 1. The summed E-state index contributed by atoms with van der Waals surface area (Å²) in [4.78, 5) is 3.42. The van der Waals surface area contributed by atoms with E-state index >= 15 is 0 Å². The van der Waals surface area contributed by atoms with Crippen LogP contribution in [0.25, 0.3) is 0 Å². The van der Waals surface area contributed by atoms with Gasteiger partial charge in [0.15, 0.2) is 0 Å². The maximum atomic E-state index is 10.3. The topological polar surface area (TPSA) is 67.3 Å². The fraction of sp³-hybridized carbons (Fsp3) is 0. The first-order valence-electron chi connectivity index (χ1n) is 2.09. The number of hydrogen-bond donors (Lipinski definition) is 1. The molecule has 0 amide bonds. The zero-order valence-electron chi connectivity index (χ0n) is 4.48. The second-order valence-corrected chi connectivity index (χ2v) is 5.41. The van der Waals surface area contributed by atoms with Crippen LogP contribution in [0.3, 0.4) is 0 Å². The summed E-state index contributed by atoms with van der Waals surface area (Å²) in [5, 5.41) is 0. The largest absolute Gasteiger partial charge is 0.322 e. The van der Waals surface area contributed by atoms with Crippen LogP contribution in [0.4, 0.5) is 0 Å². The lowest BCUT2D eigenvalue weighted by molar-refractivity contribution is 0.482. The molecule has 7 heteroatoms. The van der Waals surface area contributed by atoms with Gasteiger partial charge in [0.1, 0.15) is 0 Å². The fourth-order valence-corrected chi connectivity index (χ4v) is 2.50. The highest BCUT2D eigenvalue weighted by Crippen LogP contribution is 2.22. The predicted octanol–water partition coefficient (Wildman–Crippen LogP) is 1.15. The first kappa shape index (κ1) is 8.12. The van der Waals surface area contributed by atoms with Gasteiger partial charge in [-0.2, -0.15) is 8.42 Å². The number of hydrogen-bond acceptors (Lipinski definition) is 4. The lowest BCUT2D eigenvalue weighted by Gasteiger charge is -1.83. The second kappa shape index (κ2) is 2.57. The smallest absolute Gasteiger partial charge is 0.280 e. The molecule has 10 heavy (non-hydrogen) atoms. The summed E-state index contributed by atoms with van der Waals surface area (Å²) in [6.07, 6.45) is 1.31. The molecule has 0 aliphatic rings. The van der Waals surface area contributed by atoms with Crippen molar-refractivity contribution in [1.29, 1.82) is 0 Å². The van der Waals surface area contributed by atoms with Crippen LogP contribution in [0, 0.1) is 0 Å². The maximum Gasteiger partial charge on any atom is 0.322 e. The van der Waals surface area contributed by atoms with Crippen molar-refractivity contribution in [3.63, 3.8) is 0 Å². The van der Waals surface area contributed by atoms with Crippen LogP contribution in [-0.2, 0) is 10.1 Å². The lowest BCUT2D eigenvalue weighted by Crippen LogP contribution is -1.95. The fourth-order valence-electron chi connectivity index (χ4n) is 0.359. The molecular weight excluding hydrogens is 242 g/mol. The minimum absolute atomic E-state index is 0.292. The molecule has 0 radical (unpaired) electrons. The Labute approximate surface area is 69.8 Å². The highest BCUT2D eigenvalue weighted by molar-refractivity contribution is 9.11. The van der Waals surface area contributed by atoms with Crippen LogP contribution < -0.4 is 0 Å². The van der Waals surface area contributed by atoms with Crippen molar-refractivity contribution in [3.05, 3.63) is 9.98 Å². The quantitative estimate of drug-likeness (QED) is 0.752. The minimum atomic E-state index is -4.10. The molecule has 1 heterocycles. The molecule has 56 valence electrons. The van der Waals surface area contributed by atoms with Crippen LogP contribution in [0.15, 0.2) is 14.3 Å². The van der Waals surface area contributed by atoms with Crippen molar-refractivity contribution in [1.82, 2.24) is 4.98 Å². The molecule has 0 bridgehead atoms. The van der Waals surface area contributed by atoms with Crippen molar-refractivity contribution >= 4 is 37.4 Å². The molecule has 0 spiro atoms. The van der Waals surface area contributed by atoms with E-state index in [-0.39, 0.29) is 4.34 Å². The van der Waals surface area contributed by atoms with Crippen molar-refractivity contribution in [2.24, 2.45) is 0 Å². The summed E-state index contributed by atoms with van der Waals surface area (Å²) >= 11 is 3.87. The van der Waals surface area contributed by atoms with Gasteiger partial charge in [-0.3, -0.25) is 4.55 Å². The molecule has 0 unspecified atom stereocenters. The lowest BCUT2D eigenvalue weighted by atomic mass is 11.0. The normalized spacial score (nSPS) is 11.8. The number of thiazole rings is 1. The van der Waals surface area contributed by atoms with E-state index in [2.05, 4.69) is 20.9 Å². The van der Waals surface area contributed by atoms with E-state index in [1.165, 1.54) is 6.20 Å². The summed E-state index contributed by atoms with van der Waals surface area (Å²) in [5.41, 5.74) is 0. The third-order valence-corrected chi connectivity index (χ3v) is 3.38. The predicted molar refractivity (Wildman–Crippen MR) is 39.6 cm³/mol. The van der Waals surface area contributed by atoms with E-state index in [1.807, 2.05) is 0 Å². The molecule has 0 aliphatic heterocycles. The van der Waals surface area contributed by atoms with E-state index in [0.29, 0.717) is 3.79 Å². The molecular formula is C3H2BrNO3S2. The first-order valence-corrected chi connectivity index (χ1v) is 5.14. The summed E-state index contributed by atoms with van der Waals surface area (Å²) < 4.78 is 29.3. The molecule has 0 aliphatic carbocycles. The molecule has 0 fully saturated rings. The van der Waals surface area contributed by atoms with Gasteiger partial charge in [0.05, 0.1) is 9.98 Å². The number of rotatable bonds is 1. The summed E-state index contributed by atoms with van der Waals surface area (Å²) in [7, 11) is -4.10. The van der Waals surface area contributed by atoms with Gasteiger partial charge in [-0.15, -0.1) is 0 Å². The van der Waals surface area contributed by atoms with Gasteiger partial charge in [-0.25, -0.2) is 4.98 Å². The molecule has 1 aromatic heterocycles. The zero-order chi connectivity index (χ0) is 7.78. The molecule has 0 atom stereocenters. The van der Waals surface area contributed by atoms with Gasteiger partial charge in [0, 0.05) is 0 Å². The Kier molecular flexibility index (Phi) is 2.09. The van der Waals surface area contributed by atoms with Gasteiger partial charge >= 0.3 is 10.1 Å². The SMILES string of the molecule is O=S(=O)(O)c1ncc(Br)s1. The molecule has 1 N–H and O–H groups in total. The Bertz CT molecular complexity index is 329. The van der Waals surface area contributed by atoms with Gasteiger partial charge in [0.25, 0.3) is 0 Å². The molecule has 0 saturated carbocycles. The van der Waals surface area contributed by atoms with E-state index in [4.69, 9.17) is 4.55 Å².